The quantitative estimate of drug-likeness (QED) is 0.894. The van der Waals surface area contributed by atoms with Gasteiger partial charge in [-0.05, 0) is 31.5 Å². The van der Waals surface area contributed by atoms with Crippen molar-refractivity contribution in [3.63, 3.8) is 0 Å². The molecule has 0 aliphatic rings. The number of carbonyl (C=O) groups excluding carboxylic acids is 1. The summed E-state index contributed by atoms with van der Waals surface area (Å²) in [6.07, 6.45) is 3.35. The number of aryl methyl sites for hydroxylation is 1. The minimum absolute atomic E-state index is 0.256. The van der Waals surface area contributed by atoms with Crippen LogP contribution < -0.4 is 10.9 Å². The number of nitrogens with one attached hydrogen (secondary N) is 1. The maximum atomic E-state index is 12.0. The van der Waals surface area contributed by atoms with Crippen molar-refractivity contribution in [2.24, 2.45) is 0 Å². The van der Waals surface area contributed by atoms with Gasteiger partial charge in [-0.25, -0.2) is 4.68 Å². The monoisotopic (exact) mass is 272 g/mol. The molecule has 0 aromatic carbocycles. The molecular weight excluding hydrogens is 256 g/mol. The summed E-state index contributed by atoms with van der Waals surface area (Å²) in [6, 6.07) is 6.05. The number of aromatic nitrogens is 3. The summed E-state index contributed by atoms with van der Waals surface area (Å²) in [5, 5.41) is 6.84. The normalized spacial score (nSPS) is 11.9. The van der Waals surface area contributed by atoms with E-state index in [4.69, 9.17) is 0 Å². The van der Waals surface area contributed by atoms with Crippen LogP contribution in [0.4, 0.5) is 0 Å². The van der Waals surface area contributed by atoms with Crippen molar-refractivity contribution in [1.82, 2.24) is 20.1 Å². The van der Waals surface area contributed by atoms with E-state index >= 15 is 0 Å². The van der Waals surface area contributed by atoms with Crippen molar-refractivity contribution in [3.8, 4) is 0 Å². The van der Waals surface area contributed by atoms with Crippen LogP contribution >= 0.6 is 0 Å². The Morgan fingerprint density at radius 2 is 2.20 bits per heavy atom. The minimum Gasteiger partial charge on any atom is -0.350 e. The fourth-order valence-electron chi connectivity index (χ4n) is 1.75. The van der Waals surface area contributed by atoms with Gasteiger partial charge >= 0.3 is 0 Å². The fourth-order valence-corrected chi connectivity index (χ4v) is 1.75. The predicted octanol–water partition coefficient (Wildman–Crippen LogP) is 0.824. The Morgan fingerprint density at radius 3 is 2.90 bits per heavy atom. The molecule has 1 amide bonds. The molecule has 1 N–H and O–H groups in total. The summed E-state index contributed by atoms with van der Waals surface area (Å²) in [5.41, 5.74) is 1.30. The highest BCUT2D eigenvalue weighted by Crippen LogP contribution is 2.02. The molecule has 0 aliphatic heterocycles. The topological polar surface area (TPSA) is 76.9 Å². The molecule has 20 heavy (non-hydrogen) atoms. The molecular formula is C14H16N4O2. The fraction of sp³-hybridized carbons (Fsp3) is 0.286. The summed E-state index contributed by atoms with van der Waals surface area (Å²) in [6.45, 7) is 3.79. The smallest absolute Gasteiger partial charge is 0.267 e. The standard InChI is InChI=1S/C14H16N4O2/c1-10-5-6-13(19)18(17-10)11(2)14(20)16-9-12-4-3-7-15-8-12/h3-8,11H,9H2,1-2H3,(H,16,20). The summed E-state index contributed by atoms with van der Waals surface area (Å²) in [5.74, 6) is -0.256. The second-order valence-corrected chi connectivity index (χ2v) is 4.51. The summed E-state index contributed by atoms with van der Waals surface area (Å²) in [7, 11) is 0. The van der Waals surface area contributed by atoms with Crippen LogP contribution in [0.2, 0.25) is 0 Å². The van der Waals surface area contributed by atoms with Gasteiger partial charge in [-0.2, -0.15) is 5.10 Å². The highest BCUT2D eigenvalue weighted by molar-refractivity contribution is 5.79. The molecule has 2 heterocycles. The molecule has 2 aromatic heterocycles. The lowest BCUT2D eigenvalue weighted by Gasteiger charge is -2.14. The van der Waals surface area contributed by atoms with E-state index in [1.165, 1.54) is 10.7 Å². The van der Waals surface area contributed by atoms with Gasteiger partial charge < -0.3 is 5.32 Å². The maximum Gasteiger partial charge on any atom is 0.267 e. The van der Waals surface area contributed by atoms with Crippen LogP contribution in [-0.4, -0.2) is 20.7 Å². The molecule has 2 rings (SSSR count). The summed E-state index contributed by atoms with van der Waals surface area (Å²) >= 11 is 0. The SMILES string of the molecule is Cc1ccc(=O)n(C(C)C(=O)NCc2cccnc2)n1. The number of nitrogens with zero attached hydrogens (tertiary/aromatic N) is 3. The maximum absolute atomic E-state index is 12.0. The van der Waals surface area contributed by atoms with E-state index in [2.05, 4.69) is 15.4 Å². The van der Waals surface area contributed by atoms with Crippen LogP contribution in [0.1, 0.15) is 24.2 Å². The molecule has 0 saturated heterocycles. The van der Waals surface area contributed by atoms with Crippen molar-refractivity contribution in [3.05, 3.63) is 58.3 Å². The minimum atomic E-state index is -0.654. The van der Waals surface area contributed by atoms with E-state index in [0.717, 1.165) is 5.56 Å². The van der Waals surface area contributed by atoms with Gasteiger partial charge in [0, 0.05) is 25.0 Å². The molecule has 6 nitrogen and oxygen atoms in total. The van der Waals surface area contributed by atoms with E-state index in [0.29, 0.717) is 12.2 Å². The second kappa shape index (κ2) is 6.10. The van der Waals surface area contributed by atoms with Crippen molar-refractivity contribution in [2.75, 3.05) is 0 Å². The third kappa shape index (κ3) is 3.28. The molecule has 0 radical (unpaired) electrons. The van der Waals surface area contributed by atoms with Crippen molar-refractivity contribution in [1.29, 1.82) is 0 Å². The zero-order valence-corrected chi connectivity index (χ0v) is 11.4. The number of carbonyl (C=O) groups is 1. The number of hydrogen-bond donors (Lipinski definition) is 1. The third-order valence-electron chi connectivity index (χ3n) is 2.89. The first-order chi connectivity index (χ1) is 9.58. The Bertz CT molecular complexity index is 652. The van der Waals surface area contributed by atoms with Crippen LogP contribution in [0.25, 0.3) is 0 Å². The molecule has 104 valence electrons. The van der Waals surface area contributed by atoms with Gasteiger partial charge in [0.05, 0.1) is 5.69 Å². The first-order valence-corrected chi connectivity index (χ1v) is 6.31. The van der Waals surface area contributed by atoms with Crippen LogP contribution in [0.15, 0.2) is 41.5 Å². The Hall–Kier alpha value is -2.50. The molecule has 1 atom stereocenters. The molecule has 0 bridgehead atoms. The number of rotatable bonds is 4. The molecule has 2 aromatic rings. The zero-order valence-electron chi connectivity index (χ0n) is 11.4. The Labute approximate surface area is 116 Å². The zero-order chi connectivity index (χ0) is 14.5. The van der Waals surface area contributed by atoms with Gasteiger partial charge in [0.2, 0.25) is 5.91 Å². The largest absolute Gasteiger partial charge is 0.350 e. The van der Waals surface area contributed by atoms with Gasteiger partial charge in [-0.1, -0.05) is 6.07 Å². The lowest BCUT2D eigenvalue weighted by Crippen LogP contribution is -2.36. The lowest BCUT2D eigenvalue weighted by molar-refractivity contribution is -0.124. The molecule has 0 spiro atoms. The Morgan fingerprint density at radius 1 is 1.40 bits per heavy atom. The van der Waals surface area contributed by atoms with E-state index in [1.54, 1.807) is 38.4 Å². The van der Waals surface area contributed by atoms with Crippen LogP contribution in [0.3, 0.4) is 0 Å². The first-order valence-electron chi connectivity index (χ1n) is 6.31. The van der Waals surface area contributed by atoms with Gasteiger partial charge in [0.25, 0.3) is 5.56 Å². The van der Waals surface area contributed by atoms with E-state index in [-0.39, 0.29) is 11.5 Å². The number of amides is 1. The van der Waals surface area contributed by atoms with Crippen LogP contribution in [0, 0.1) is 6.92 Å². The second-order valence-electron chi connectivity index (χ2n) is 4.51. The van der Waals surface area contributed by atoms with Crippen molar-refractivity contribution in [2.45, 2.75) is 26.4 Å². The van der Waals surface area contributed by atoms with E-state index in [9.17, 15) is 9.59 Å². The highest BCUT2D eigenvalue weighted by Gasteiger charge is 2.16. The third-order valence-corrected chi connectivity index (χ3v) is 2.89. The highest BCUT2D eigenvalue weighted by atomic mass is 16.2. The Balaban J connectivity index is 2.05. The van der Waals surface area contributed by atoms with E-state index < -0.39 is 6.04 Å². The van der Waals surface area contributed by atoms with E-state index in [1.807, 2.05) is 6.07 Å². The van der Waals surface area contributed by atoms with Gasteiger partial charge in [-0.15, -0.1) is 0 Å². The predicted molar refractivity (Wildman–Crippen MR) is 74.0 cm³/mol. The average Bonchev–Trinajstić information content (AvgIpc) is 2.47. The molecule has 6 heteroatoms. The van der Waals surface area contributed by atoms with Crippen LogP contribution in [0.5, 0.6) is 0 Å². The average molecular weight is 272 g/mol. The Kier molecular flexibility index (Phi) is 4.24. The molecule has 0 fully saturated rings. The molecule has 0 aliphatic carbocycles. The van der Waals surface area contributed by atoms with Crippen molar-refractivity contribution < 1.29 is 4.79 Å². The van der Waals surface area contributed by atoms with Crippen LogP contribution in [-0.2, 0) is 11.3 Å². The first kappa shape index (κ1) is 13.9. The number of pyridine rings is 1. The number of hydrogen-bond acceptors (Lipinski definition) is 4. The molecule has 1 unspecified atom stereocenters. The summed E-state index contributed by atoms with van der Waals surface area (Å²) in [4.78, 5) is 27.7. The van der Waals surface area contributed by atoms with Crippen molar-refractivity contribution >= 4 is 5.91 Å². The van der Waals surface area contributed by atoms with Gasteiger partial charge in [0.1, 0.15) is 6.04 Å². The van der Waals surface area contributed by atoms with Gasteiger partial charge in [-0.3, -0.25) is 14.6 Å². The summed E-state index contributed by atoms with van der Waals surface area (Å²) < 4.78 is 1.19. The van der Waals surface area contributed by atoms with Gasteiger partial charge in [0.15, 0.2) is 0 Å². The molecule has 0 saturated carbocycles. The lowest BCUT2D eigenvalue weighted by atomic mass is 10.2.